The summed E-state index contributed by atoms with van der Waals surface area (Å²) in [4.78, 5) is 22.8. The summed E-state index contributed by atoms with van der Waals surface area (Å²) in [5.41, 5.74) is 1.77. The van der Waals surface area contributed by atoms with Gasteiger partial charge in [-0.1, -0.05) is 29.8 Å². The minimum atomic E-state index is -0.0518. The molecule has 0 aliphatic rings. The van der Waals surface area contributed by atoms with E-state index in [2.05, 4.69) is 0 Å². The van der Waals surface area contributed by atoms with Gasteiger partial charge in [-0.05, 0) is 6.92 Å². The highest BCUT2D eigenvalue weighted by Crippen LogP contribution is 2.05. The Morgan fingerprint density at radius 2 is 1.65 bits per heavy atom. The van der Waals surface area contributed by atoms with Crippen LogP contribution in [-0.4, -0.2) is 10.4 Å². The molecule has 0 bridgehead atoms. The number of Topliss-reactive ketones (excluding diaryl/α,β-unsaturated/α-hetero) is 1. The maximum absolute atomic E-state index is 11.9. The average Bonchev–Trinajstić information content (AvgIpc) is 2.33. The first-order valence-electron chi connectivity index (χ1n) is 5.41. The van der Waals surface area contributed by atoms with Gasteiger partial charge in [-0.25, -0.2) is 0 Å². The van der Waals surface area contributed by atoms with Crippen molar-refractivity contribution in [3.05, 3.63) is 70.1 Å². The van der Waals surface area contributed by atoms with Crippen molar-refractivity contribution in [1.29, 1.82) is 0 Å². The molecule has 2 aromatic rings. The van der Waals surface area contributed by atoms with Crippen molar-refractivity contribution >= 4 is 5.78 Å². The van der Waals surface area contributed by atoms with Crippen molar-refractivity contribution in [3.63, 3.8) is 0 Å². The molecule has 1 aromatic carbocycles. The summed E-state index contributed by atoms with van der Waals surface area (Å²) in [5.74, 6) is 0.0358. The predicted octanol–water partition coefficient (Wildman–Crippen LogP) is 2.04. The van der Waals surface area contributed by atoms with Crippen LogP contribution in [0.2, 0.25) is 0 Å². The molecule has 86 valence electrons. The summed E-state index contributed by atoms with van der Waals surface area (Å²) >= 11 is 0. The van der Waals surface area contributed by atoms with Crippen LogP contribution in [0.1, 0.15) is 15.9 Å². The van der Waals surface area contributed by atoms with Crippen molar-refractivity contribution in [2.45, 2.75) is 13.5 Å². The second kappa shape index (κ2) is 4.78. The molecular weight excluding hydrogens is 214 g/mol. The Kier molecular flexibility index (Phi) is 3.19. The minimum absolute atomic E-state index is 0.0358. The zero-order valence-corrected chi connectivity index (χ0v) is 9.59. The summed E-state index contributed by atoms with van der Waals surface area (Å²) in [6.45, 7) is 2.24. The molecule has 0 atom stereocenters. The third-order valence-corrected chi connectivity index (χ3v) is 2.56. The van der Waals surface area contributed by atoms with Gasteiger partial charge in [-0.15, -0.1) is 0 Å². The van der Waals surface area contributed by atoms with Crippen LogP contribution >= 0.6 is 0 Å². The molecule has 0 N–H and O–H groups in total. The molecule has 0 spiro atoms. The zero-order chi connectivity index (χ0) is 12.3. The molecule has 0 radical (unpaired) electrons. The van der Waals surface area contributed by atoms with E-state index in [9.17, 15) is 9.59 Å². The van der Waals surface area contributed by atoms with E-state index in [4.69, 9.17) is 0 Å². The van der Waals surface area contributed by atoms with E-state index in [1.807, 2.05) is 31.2 Å². The van der Waals surface area contributed by atoms with Gasteiger partial charge in [-0.3, -0.25) is 9.59 Å². The molecule has 17 heavy (non-hydrogen) atoms. The fourth-order valence-corrected chi connectivity index (χ4v) is 1.55. The van der Waals surface area contributed by atoms with Crippen LogP contribution in [-0.2, 0) is 6.54 Å². The van der Waals surface area contributed by atoms with Gasteiger partial charge in [-0.2, -0.15) is 0 Å². The van der Waals surface area contributed by atoms with Gasteiger partial charge in [0, 0.05) is 30.1 Å². The van der Waals surface area contributed by atoms with Crippen molar-refractivity contribution < 1.29 is 4.79 Å². The number of aryl methyl sites for hydroxylation is 1. The van der Waals surface area contributed by atoms with Crippen molar-refractivity contribution in [2.75, 3.05) is 0 Å². The van der Waals surface area contributed by atoms with Crippen molar-refractivity contribution in [1.82, 2.24) is 4.57 Å². The molecule has 0 saturated carbocycles. The molecule has 0 aliphatic heterocycles. The monoisotopic (exact) mass is 227 g/mol. The van der Waals surface area contributed by atoms with Crippen LogP contribution in [0.5, 0.6) is 0 Å². The SMILES string of the molecule is Cc1ccc(C(=O)Cn2ccc(=O)cc2)cc1. The molecular formula is C14H13NO2. The lowest BCUT2D eigenvalue weighted by Gasteiger charge is -2.05. The van der Waals surface area contributed by atoms with E-state index in [1.54, 1.807) is 17.0 Å². The standard InChI is InChI=1S/C14H13NO2/c1-11-2-4-12(5-3-11)14(17)10-15-8-6-13(16)7-9-15/h2-9H,10H2,1H3. The summed E-state index contributed by atoms with van der Waals surface area (Å²) in [6.07, 6.45) is 3.24. The first kappa shape index (κ1) is 11.3. The normalized spacial score (nSPS) is 10.2. The zero-order valence-electron chi connectivity index (χ0n) is 9.59. The molecule has 1 heterocycles. The summed E-state index contributed by atoms with van der Waals surface area (Å²) in [6, 6.07) is 10.4. The number of pyridine rings is 1. The number of nitrogens with zero attached hydrogens (tertiary/aromatic N) is 1. The highest BCUT2D eigenvalue weighted by Gasteiger charge is 2.05. The van der Waals surface area contributed by atoms with Crippen molar-refractivity contribution in [3.8, 4) is 0 Å². The molecule has 0 unspecified atom stereocenters. The van der Waals surface area contributed by atoms with Crippen LogP contribution in [0.15, 0.2) is 53.6 Å². The molecule has 3 heteroatoms. The molecule has 0 aliphatic carbocycles. The smallest absolute Gasteiger partial charge is 0.182 e. The van der Waals surface area contributed by atoms with E-state index in [1.165, 1.54) is 12.1 Å². The van der Waals surface area contributed by atoms with Gasteiger partial charge in [0.1, 0.15) is 0 Å². The Bertz CT molecular complexity index is 561. The van der Waals surface area contributed by atoms with E-state index >= 15 is 0 Å². The number of ketones is 1. The highest BCUT2D eigenvalue weighted by molar-refractivity contribution is 5.95. The molecule has 2 rings (SSSR count). The second-order valence-corrected chi connectivity index (χ2v) is 4.00. The number of carbonyl (C=O) groups excluding carboxylic acids is 1. The van der Waals surface area contributed by atoms with E-state index in [-0.39, 0.29) is 17.8 Å². The van der Waals surface area contributed by atoms with Crippen LogP contribution < -0.4 is 5.43 Å². The maximum Gasteiger partial charge on any atom is 0.182 e. The number of hydrogen-bond donors (Lipinski definition) is 0. The minimum Gasteiger partial charge on any atom is -0.346 e. The fourth-order valence-electron chi connectivity index (χ4n) is 1.55. The Morgan fingerprint density at radius 3 is 2.24 bits per heavy atom. The molecule has 0 amide bonds. The van der Waals surface area contributed by atoms with Crippen molar-refractivity contribution in [2.24, 2.45) is 0 Å². The highest BCUT2D eigenvalue weighted by atomic mass is 16.1. The molecule has 1 aromatic heterocycles. The quantitative estimate of drug-likeness (QED) is 0.753. The van der Waals surface area contributed by atoms with Gasteiger partial charge in [0.2, 0.25) is 0 Å². The Labute approximate surface area is 99.3 Å². The Morgan fingerprint density at radius 1 is 1.06 bits per heavy atom. The number of carbonyl (C=O) groups is 1. The first-order valence-corrected chi connectivity index (χ1v) is 5.41. The lowest BCUT2D eigenvalue weighted by molar-refractivity contribution is 0.0972. The lowest BCUT2D eigenvalue weighted by atomic mass is 10.1. The number of hydrogen-bond acceptors (Lipinski definition) is 2. The van der Waals surface area contributed by atoms with Crippen LogP contribution in [0.3, 0.4) is 0 Å². The summed E-state index contributed by atoms with van der Waals surface area (Å²) in [5, 5.41) is 0. The van der Waals surface area contributed by atoms with E-state index in [0.717, 1.165) is 5.56 Å². The summed E-state index contributed by atoms with van der Waals surface area (Å²) in [7, 11) is 0. The summed E-state index contributed by atoms with van der Waals surface area (Å²) < 4.78 is 1.70. The van der Waals surface area contributed by atoms with Gasteiger partial charge >= 0.3 is 0 Å². The van der Waals surface area contributed by atoms with Gasteiger partial charge in [0.05, 0.1) is 6.54 Å². The largest absolute Gasteiger partial charge is 0.346 e. The number of benzene rings is 1. The van der Waals surface area contributed by atoms with E-state index in [0.29, 0.717) is 5.56 Å². The number of aromatic nitrogens is 1. The van der Waals surface area contributed by atoms with Crippen LogP contribution in [0, 0.1) is 6.92 Å². The average molecular weight is 227 g/mol. The Balaban J connectivity index is 2.14. The van der Waals surface area contributed by atoms with Gasteiger partial charge < -0.3 is 4.57 Å². The van der Waals surface area contributed by atoms with E-state index < -0.39 is 0 Å². The predicted molar refractivity (Wildman–Crippen MR) is 66.2 cm³/mol. The second-order valence-electron chi connectivity index (χ2n) is 4.00. The molecule has 0 fully saturated rings. The van der Waals surface area contributed by atoms with Gasteiger partial charge in [0.25, 0.3) is 0 Å². The van der Waals surface area contributed by atoms with Crippen LogP contribution in [0.25, 0.3) is 0 Å². The topological polar surface area (TPSA) is 39.1 Å². The Hall–Kier alpha value is -2.16. The fraction of sp³-hybridized carbons (Fsp3) is 0.143. The first-order chi connectivity index (χ1) is 8.15. The maximum atomic E-state index is 11.9. The van der Waals surface area contributed by atoms with Crippen LogP contribution in [0.4, 0.5) is 0 Å². The lowest BCUT2D eigenvalue weighted by Crippen LogP contribution is -2.12. The molecule has 3 nitrogen and oxygen atoms in total. The third kappa shape index (κ3) is 2.91. The third-order valence-electron chi connectivity index (χ3n) is 2.56. The number of rotatable bonds is 3. The molecule has 0 saturated heterocycles. The van der Waals surface area contributed by atoms with Gasteiger partial charge in [0.15, 0.2) is 11.2 Å².